The second kappa shape index (κ2) is 5.97. The highest BCUT2D eigenvalue weighted by Gasteiger charge is 2.41. The number of dihydropyridines is 1. The number of alkyl halides is 1. The Labute approximate surface area is 144 Å². The van der Waals surface area contributed by atoms with Crippen molar-refractivity contribution in [2.24, 2.45) is 5.92 Å². The maximum absolute atomic E-state index is 14.8. The van der Waals surface area contributed by atoms with Crippen molar-refractivity contribution in [3.63, 3.8) is 0 Å². The Morgan fingerprint density at radius 3 is 2.92 bits per heavy atom. The molecule has 0 radical (unpaired) electrons. The summed E-state index contributed by atoms with van der Waals surface area (Å²) in [6.45, 7) is 4.42. The maximum Gasteiger partial charge on any atom is 0.263 e. The highest BCUT2D eigenvalue weighted by molar-refractivity contribution is 7.13. The number of nitrogens with one attached hydrogen (secondary N) is 2. The zero-order valence-electron chi connectivity index (χ0n) is 13.5. The Kier molecular flexibility index (Phi) is 3.92. The molecule has 1 amide bonds. The van der Waals surface area contributed by atoms with Gasteiger partial charge < -0.3 is 10.6 Å². The molecule has 1 aromatic rings. The van der Waals surface area contributed by atoms with Crippen molar-refractivity contribution in [2.45, 2.75) is 37.6 Å². The summed E-state index contributed by atoms with van der Waals surface area (Å²) in [4.78, 5) is 19.6. The van der Waals surface area contributed by atoms with Crippen molar-refractivity contribution in [3.05, 3.63) is 40.5 Å². The molecule has 5 heterocycles. The van der Waals surface area contributed by atoms with Crippen LogP contribution in [0.25, 0.3) is 0 Å². The van der Waals surface area contributed by atoms with E-state index in [1.54, 1.807) is 12.2 Å². The summed E-state index contributed by atoms with van der Waals surface area (Å²) in [6, 6.07) is 0.523. The normalized spacial score (nSPS) is 37.2. The lowest BCUT2D eigenvalue weighted by atomic mass is 9.79. The molecule has 5 nitrogen and oxygen atoms in total. The van der Waals surface area contributed by atoms with Crippen LogP contribution in [0.1, 0.15) is 34.4 Å². The molecule has 3 fully saturated rings. The Morgan fingerprint density at radius 1 is 1.46 bits per heavy atom. The molecule has 4 aliphatic rings. The van der Waals surface area contributed by atoms with E-state index in [0.29, 0.717) is 16.8 Å². The van der Waals surface area contributed by atoms with Gasteiger partial charge in [-0.15, -0.1) is 11.3 Å². The van der Waals surface area contributed by atoms with Crippen molar-refractivity contribution in [2.75, 3.05) is 13.1 Å². The van der Waals surface area contributed by atoms with E-state index in [2.05, 4.69) is 27.4 Å². The minimum atomic E-state index is -1.83. The first-order valence-electron chi connectivity index (χ1n) is 8.39. The van der Waals surface area contributed by atoms with Crippen LogP contribution in [0.15, 0.2) is 30.6 Å². The van der Waals surface area contributed by atoms with Crippen molar-refractivity contribution in [1.82, 2.24) is 20.5 Å². The fourth-order valence-corrected chi connectivity index (χ4v) is 4.76. The number of halogens is 1. The molecule has 24 heavy (non-hydrogen) atoms. The molecule has 4 aliphatic heterocycles. The van der Waals surface area contributed by atoms with Crippen molar-refractivity contribution < 1.29 is 9.18 Å². The van der Waals surface area contributed by atoms with E-state index in [1.165, 1.54) is 18.5 Å². The summed E-state index contributed by atoms with van der Waals surface area (Å²) in [5.74, 6) is -1.44. The molecule has 0 saturated carbocycles. The van der Waals surface area contributed by atoms with Crippen LogP contribution in [0.2, 0.25) is 0 Å². The number of hydrogen-bond donors (Lipinski definition) is 2. The molecular weight excluding hydrogens is 327 g/mol. The number of amides is 1. The van der Waals surface area contributed by atoms with Gasteiger partial charge in [-0.3, -0.25) is 9.69 Å². The number of rotatable bonds is 3. The molecule has 0 aliphatic carbocycles. The molecule has 2 N–H and O–H groups in total. The third-order valence-electron chi connectivity index (χ3n) is 5.34. The van der Waals surface area contributed by atoms with Crippen LogP contribution in [0.3, 0.4) is 0 Å². The van der Waals surface area contributed by atoms with Crippen LogP contribution >= 0.6 is 11.3 Å². The smallest absolute Gasteiger partial charge is 0.263 e. The number of aromatic nitrogens is 1. The van der Waals surface area contributed by atoms with Crippen molar-refractivity contribution >= 4 is 17.2 Å². The molecule has 0 aromatic carbocycles. The van der Waals surface area contributed by atoms with Gasteiger partial charge in [0, 0.05) is 12.1 Å². The van der Waals surface area contributed by atoms with Gasteiger partial charge >= 0.3 is 0 Å². The van der Waals surface area contributed by atoms with E-state index in [-0.39, 0.29) is 17.0 Å². The van der Waals surface area contributed by atoms with Crippen LogP contribution in [0.5, 0.6) is 0 Å². The zero-order chi connectivity index (χ0) is 16.7. The van der Waals surface area contributed by atoms with Gasteiger partial charge in [0.2, 0.25) is 0 Å². The number of carbonyl (C=O) groups excluding carboxylic acids is 1. The predicted molar refractivity (Wildman–Crippen MR) is 91.3 cm³/mol. The largest absolute Gasteiger partial charge is 0.351 e. The third-order valence-corrected chi connectivity index (χ3v) is 6.45. The van der Waals surface area contributed by atoms with E-state index in [9.17, 15) is 9.18 Å². The molecule has 128 valence electrons. The first kappa shape index (κ1) is 15.8. The molecule has 3 atom stereocenters. The topological polar surface area (TPSA) is 57.3 Å². The summed E-state index contributed by atoms with van der Waals surface area (Å²) >= 11 is 1.10. The number of thiazole rings is 1. The number of piperidine rings is 3. The Morgan fingerprint density at radius 2 is 2.25 bits per heavy atom. The molecule has 2 bridgehead atoms. The fourth-order valence-electron chi connectivity index (χ4n) is 3.91. The molecule has 3 saturated heterocycles. The monoisotopic (exact) mass is 348 g/mol. The minimum absolute atomic E-state index is 0.150. The summed E-state index contributed by atoms with van der Waals surface area (Å²) in [6.07, 6.45) is 10.0. The minimum Gasteiger partial charge on any atom is -0.351 e. The Bertz CT molecular complexity index is 693. The highest BCUT2D eigenvalue weighted by atomic mass is 32.1. The number of hydrogen-bond acceptors (Lipinski definition) is 5. The second-order valence-corrected chi connectivity index (χ2v) is 7.75. The summed E-state index contributed by atoms with van der Waals surface area (Å²) < 4.78 is 14.8. The lowest BCUT2D eigenvalue weighted by molar-refractivity contribution is 0.0218. The second-order valence-electron chi connectivity index (χ2n) is 6.72. The van der Waals surface area contributed by atoms with Gasteiger partial charge in [-0.05, 0) is 57.1 Å². The van der Waals surface area contributed by atoms with Gasteiger partial charge in [0.05, 0.1) is 6.20 Å². The first-order valence-corrected chi connectivity index (χ1v) is 9.21. The first-order chi connectivity index (χ1) is 11.6. The van der Waals surface area contributed by atoms with E-state index in [1.807, 2.05) is 0 Å². The highest BCUT2D eigenvalue weighted by Crippen LogP contribution is 2.33. The molecule has 1 unspecified atom stereocenters. The van der Waals surface area contributed by atoms with E-state index in [0.717, 1.165) is 37.3 Å². The third kappa shape index (κ3) is 2.65. The number of fused-ring (bicyclic) bond motifs is 3. The quantitative estimate of drug-likeness (QED) is 0.822. The van der Waals surface area contributed by atoms with E-state index < -0.39 is 5.79 Å². The molecule has 5 rings (SSSR count). The average Bonchev–Trinajstić information content (AvgIpc) is 3.10. The lowest BCUT2D eigenvalue weighted by Crippen LogP contribution is -2.62. The Hall–Kier alpha value is -1.73. The Balaban J connectivity index is 1.48. The number of allylic oxidation sites excluding steroid dienone is 2. The van der Waals surface area contributed by atoms with Gasteiger partial charge in [0.25, 0.3) is 11.7 Å². The van der Waals surface area contributed by atoms with Crippen LogP contribution in [0, 0.1) is 5.92 Å². The van der Waals surface area contributed by atoms with Crippen molar-refractivity contribution in [3.8, 4) is 0 Å². The van der Waals surface area contributed by atoms with Gasteiger partial charge in [-0.1, -0.05) is 6.08 Å². The predicted octanol–water partition coefficient (Wildman–Crippen LogP) is 2.15. The summed E-state index contributed by atoms with van der Waals surface area (Å²) in [5.41, 5.74) is 0. The van der Waals surface area contributed by atoms with Gasteiger partial charge in [0.1, 0.15) is 4.88 Å². The van der Waals surface area contributed by atoms with Gasteiger partial charge in [0.15, 0.2) is 5.01 Å². The van der Waals surface area contributed by atoms with E-state index >= 15 is 0 Å². The van der Waals surface area contributed by atoms with Crippen LogP contribution in [0.4, 0.5) is 4.39 Å². The standard InChI is InChI=1S/C17H21FN4OS/c1-11-14(12-4-8-22(11)9-5-12)21-15(23)13-10-19-16(24-13)17(18)6-2-3-7-20-17/h2-3,6-7,10-12,14,20H,4-5,8-9H2,1H3,(H,21,23)/t11-,14+,17?/m1/s1. The number of nitrogens with zero attached hydrogens (tertiary/aromatic N) is 2. The lowest BCUT2D eigenvalue weighted by Gasteiger charge is -2.49. The number of carbonyl (C=O) groups is 1. The zero-order valence-corrected chi connectivity index (χ0v) is 14.4. The fraction of sp³-hybridized carbons (Fsp3) is 0.529. The molecule has 1 aromatic heterocycles. The van der Waals surface area contributed by atoms with Crippen LogP contribution in [-0.2, 0) is 5.79 Å². The van der Waals surface area contributed by atoms with E-state index in [4.69, 9.17) is 0 Å². The summed E-state index contributed by atoms with van der Waals surface area (Å²) in [5, 5.41) is 6.06. The van der Waals surface area contributed by atoms with Crippen LogP contribution < -0.4 is 10.6 Å². The van der Waals surface area contributed by atoms with Crippen LogP contribution in [-0.4, -0.2) is 41.0 Å². The molecular formula is C17H21FN4OS. The van der Waals surface area contributed by atoms with Gasteiger partial charge in [-0.2, -0.15) is 0 Å². The average molecular weight is 348 g/mol. The molecule has 7 heteroatoms. The SMILES string of the molecule is C[C@@H]1[C@H](NC(=O)c2cnc(C3(F)C=CC=CN3)s2)C2CCN1CC2. The maximum atomic E-state index is 14.8. The van der Waals surface area contributed by atoms with Crippen molar-refractivity contribution in [1.29, 1.82) is 0 Å². The molecule has 0 spiro atoms. The van der Waals surface area contributed by atoms with Gasteiger partial charge in [-0.25, -0.2) is 9.37 Å². The summed E-state index contributed by atoms with van der Waals surface area (Å²) in [7, 11) is 0.